The first-order valence-corrected chi connectivity index (χ1v) is 6.86. The molecular formula is C15H23N3O. The standard InChI is InChI=1S/C15H23N3O/c1-15(2,9-13(16)19)18-10-12-6-3-5-11-7-4-8-17-14(11)12/h3,5-6,17-18H,4,7-10H2,1-2H3,(H2,16,19). The van der Waals surface area contributed by atoms with Crippen molar-refractivity contribution in [2.75, 3.05) is 11.9 Å². The zero-order chi connectivity index (χ0) is 13.9. The summed E-state index contributed by atoms with van der Waals surface area (Å²) in [5, 5.41) is 6.89. The van der Waals surface area contributed by atoms with Gasteiger partial charge in [0, 0.05) is 30.7 Å². The summed E-state index contributed by atoms with van der Waals surface area (Å²) >= 11 is 0. The average molecular weight is 261 g/mol. The van der Waals surface area contributed by atoms with Crippen LogP contribution in [0.15, 0.2) is 18.2 Å². The number of para-hydroxylation sites is 1. The first kappa shape index (κ1) is 13.9. The second kappa shape index (κ2) is 5.61. The van der Waals surface area contributed by atoms with Crippen molar-refractivity contribution in [2.45, 2.75) is 45.2 Å². The Labute approximate surface area is 114 Å². The minimum Gasteiger partial charge on any atom is -0.385 e. The van der Waals surface area contributed by atoms with Crippen molar-refractivity contribution in [1.29, 1.82) is 0 Å². The molecule has 2 rings (SSSR count). The molecular weight excluding hydrogens is 238 g/mol. The molecule has 4 nitrogen and oxygen atoms in total. The molecule has 0 fully saturated rings. The number of amides is 1. The number of nitrogens with two attached hydrogens (primary N) is 1. The van der Waals surface area contributed by atoms with E-state index in [4.69, 9.17) is 5.73 Å². The van der Waals surface area contributed by atoms with Gasteiger partial charge in [-0.3, -0.25) is 4.79 Å². The van der Waals surface area contributed by atoms with Gasteiger partial charge in [-0.15, -0.1) is 0 Å². The summed E-state index contributed by atoms with van der Waals surface area (Å²) in [6.07, 6.45) is 2.67. The smallest absolute Gasteiger partial charge is 0.219 e. The van der Waals surface area contributed by atoms with E-state index in [1.165, 1.54) is 23.2 Å². The molecule has 1 heterocycles. The van der Waals surface area contributed by atoms with E-state index in [-0.39, 0.29) is 11.4 Å². The van der Waals surface area contributed by atoms with Gasteiger partial charge in [0.1, 0.15) is 0 Å². The topological polar surface area (TPSA) is 67.2 Å². The predicted octanol–water partition coefficient (Wildman–Crippen LogP) is 1.79. The van der Waals surface area contributed by atoms with E-state index in [1.807, 2.05) is 13.8 Å². The van der Waals surface area contributed by atoms with E-state index in [0.717, 1.165) is 19.5 Å². The van der Waals surface area contributed by atoms with Crippen molar-refractivity contribution in [1.82, 2.24) is 5.32 Å². The third-order valence-corrected chi connectivity index (χ3v) is 3.54. The Bertz CT molecular complexity index is 468. The molecule has 0 spiro atoms. The van der Waals surface area contributed by atoms with E-state index < -0.39 is 0 Å². The SMILES string of the molecule is CC(C)(CC(N)=O)NCc1cccc2c1NCCC2. The van der Waals surface area contributed by atoms with Gasteiger partial charge in [-0.2, -0.15) is 0 Å². The number of fused-ring (bicyclic) bond motifs is 1. The Morgan fingerprint density at radius 1 is 1.47 bits per heavy atom. The second-order valence-corrected chi connectivity index (χ2v) is 5.86. The molecule has 0 bridgehead atoms. The molecule has 19 heavy (non-hydrogen) atoms. The van der Waals surface area contributed by atoms with E-state index in [2.05, 4.69) is 28.8 Å². The lowest BCUT2D eigenvalue weighted by atomic mass is 9.97. The Morgan fingerprint density at radius 3 is 3.00 bits per heavy atom. The second-order valence-electron chi connectivity index (χ2n) is 5.86. The van der Waals surface area contributed by atoms with E-state index in [9.17, 15) is 4.79 Å². The first-order chi connectivity index (χ1) is 8.98. The van der Waals surface area contributed by atoms with Gasteiger partial charge in [-0.25, -0.2) is 0 Å². The Hall–Kier alpha value is -1.55. The number of rotatable bonds is 5. The molecule has 1 aromatic rings. The number of aryl methyl sites for hydroxylation is 1. The van der Waals surface area contributed by atoms with Gasteiger partial charge in [0.05, 0.1) is 0 Å². The molecule has 0 saturated carbocycles. The summed E-state index contributed by atoms with van der Waals surface area (Å²) in [5.74, 6) is -0.272. The summed E-state index contributed by atoms with van der Waals surface area (Å²) in [6.45, 7) is 5.78. The maximum atomic E-state index is 11.0. The van der Waals surface area contributed by atoms with Crippen molar-refractivity contribution >= 4 is 11.6 Å². The molecule has 1 aliphatic heterocycles. The minimum atomic E-state index is -0.275. The maximum absolute atomic E-state index is 11.0. The van der Waals surface area contributed by atoms with Crippen molar-refractivity contribution in [3.63, 3.8) is 0 Å². The van der Waals surface area contributed by atoms with Crippen molar-refractivity contribution in [2.24, 2.45) is 5.73 Å². The van der Waals surface area contributed by atoms with Crippen LogP contribution in [0.2, 0.25) is 0 Å². The average Bonchev–Trinajstić information content (AvgIpc) is 2.35. The summed E-state index contributed by atoms with van der Waals surface area (Å²) in [6, 6.07) is 6.41. The predicted molar refractivity (Wildman–Crippen MR) is 78.0 cm³/mol. The van der Waals surface area contributed by atoms with Crippen LogP contribution in [0.1, 0.15) is 37.8 Å². The lowest BCUT2D eigenvalue weighted by Crippen LogP contribution is -2.42. The van der Waals surface area contributed by atoms with E-state index >= 15 is 0 Å². The highest BCUT2D eigenvalue weighted by atomic mass is 16.1. The number of benzene rings is 1. The number of hydrogen-bond acceptors (Lipinski definition) is 3. The van der Waals surface area contributed by atoms with Gasteiger partial charge in [-0.05, 0) is 37.8 Å². The third-order valence-electron chi connectivity index (χ3n) is 3.54. The highest BCUT2D eigenvalue weighted by molar-refractivity contribution is 5.75. The number of hydrogen-bond donors (Lipinski definition) is 3. The van der Waals surface area contributed by atoms with Crippen LogP contribution in [0.5, 0.6) is 0 Å². The van der Waals surface area contributed by atoms with Gasteiger partial charge >= 0.3 is 0 Å². The lowest BCUT2D eigenvalue weighted by Gasteiger charge is -2.27. The fraction of sp³-hybridized carbons (Fsp3) is 0.533. The molecule has 4 N–H and O–H groups in total. The highest BCUT2D eigenvalue weighted by Gasteiger charge is 2.21. The van der Waals surface area contributed by atoms with Gasteiger partial charge in [0.15, 0.2) is 0 Å². The van der Waals surface area contributed by atoms with Gasteiger partial charge in [0.25, 0.3) is 0 Å². The molecule has 0 aliphatic carbocycles. The Kier molecular flexibility index (Phi) is 4.10. The van der Waals surface area contributed by atoms with E-state index in [1.54, 1.807) is 0 Å². The summed E-state index contributed by atoms with van der Waals surface area (Å²) < 4.78 is 0. The number of carbonyl (C=O) groups is 1. The largest absolute Gasteiger partial charge is 0.385 e. The van der Waals surface area contributed by atoms with E-state index in [0.29, 0.717) is 6.42 Å². The van der Waals surface area contributed by atoms with Crippen LogP contribution in [-0.2, 0) is 17.8 Å². The van der Waals surface area contributed by atoms with Crippen LogP contribution >= 0.6 is 0 Å². The molecule has 1 aliphatic rings. The van der Waals surface area contributed by atoms with Crippen LogP contribution in [0, 0.1) is 0 Å². The first-order valence-electron chi connectivity index (χ1n) is 6.86. The minimum absolute atomic E-state index is 0.272. The molecule has 0 radical (unpaired) electrons. The number of nitrogens with one attached hydrogen (secondary N) is 2. The molecule has 1 aromatic carbocycles. The Balaban J connectivity index is 2.05. The third kappa shape index (κ3) is 3.70. The van der Waals surface area contributed by atoms with Crippen LogP contribution in [-0.4, -0.2) is 18.0 Å². The van der Waals surface area contributed by atoms with Gasteiger partial charge in [-0.1, -0.05) is 18.2 Å². The number of anilines is 1. The van der Waals surface area contributed by atoms with Crippen LogP contribution in [0.4, 0.5) is 5.69 Å². The molecule has 4 heteroatoms. The number of carbonyl (C=O) groups excluding carboxylic acids is 1. The number of primary amides is 1. The fourth-order valence-corrected chi connectivity index (χ4v) is 2.56. The monoisotopic (exact) mass is 261 g/mol. The highest BCUT2D eigenvalue weighted by Crippen LogP contribution is 2.26. The molecule has 0 unspecified atom stereocenters. The molecule has 0 saturated heterocycles. The van der Waals surface area contributed by atoms with Crippen molar-refractivity contribution in [3.05, 3.63) is 29.3 Å². The summed E-state index contributed by atoms with van der Waals surface area (Å²) in [5.41, 5.74) is 8.90. The zero-order valence-corrected chi connectivity index (χ0v) is 11.8. The van der Waals surface area contributed by atoms with Crippen LogP contribution in [0.3, 0.4) is 0 Å². The molecule has 0 atom stereocenters. The van der Waals surface area contributed by atoms with Gasteiger partial charge in [0.2, 0.25) is 5.91 Å². The van der Waals surface area contributed by atoms with Crippen LogP contribution in [0.25, 0.3) is 0 Å². The quantitative estimate of drug-likeness (QED) is 0.757. The lowest BCUT2D eigenvalue weighted by molar-refractivity contribution is -0.119. The Morgan fingerprint density at radius 2 is 2.26 bits per heavy atom. The normalized spacial score (nSPS) is 14.6. The molecule has 0 aromatic heterocycles. The maximum Gasteiger partial charge on any atom is 0.219 e. The van der Waals surface area contributed by atoms with Crippen LogP contribution < -0.4 is 16.4 Å². The van der Waals surface area contributed by atoms with Gasteiger partial charge < -0.3 is 16.4 Å². The molecule has 1 amide bonds. The zero-order valence-electron chi connectivity index (χ0n) is 11.8. The summed E-state index contributed by atoms with van der Waals surface area (Å²) in [7, 11) is 0. The molecule has 104 valence electrons. The fourth-order valence-electron chi connectivity index (χ4n) is 2.56. The van der Waals surface area contributed by atoms with Crippen molar-refractivity contribution < 1.29 is 4.79 Å². The van der Waals surface area contributed by atoms with Crippen molar-refractivity contribution in [3.8, 4) is 0 Å². The summed E-state index contributed by atoms with van der Waals surface area (Å²) in [4.78, 5) is 11.0.